The van der Waals surface area contributed by atoms with E-state index in [9.17, 15) is 13.2 Å². The van der Waals surface area contributed by atoms with Crippen molar-refractivity contribution in [2.45, 2.75) is 26.2 Å². The van der Waals surface area contributed by atoms with Crippen LogP contribution >= 0.6 is 0 Å². The Morgan fingerprint density at radius 2 is 2.00 bits per heavy atom. The average Bonchev–Trinajstić information content (AvgIpc) is 2.33. The van der Waals surface area contributed by atoms with Gasteiger partial charge in [-0.1, -0.05) is 6.92 Å². The Bertz CT molecular complexity index is 435. The van der Waals surface area contributed by atoms with Gasteiger partial charge in [-0.25, -0.2) is 12.7 Å². The summed E-state index contributed by atoms with van der Waals surface area (Å²) in [6.45, 7) is 5.86. The van der Waals surface area contributed by atoms with Gasteiger partial charge in [-0.05, 0) is 18.8 Å². The van der Waals surface area contributed by atoms with E-state index in [1.807, 2.05) is 6.92 Å². The van der Waals surface area contributed by atoms with Crippen LogP contribution in [0.3, 0.4) is 0 Å². The van der Waals surface area contributed by atoms with Gasteiger partial charge in [0.05, 0.1) is 6.26 Å². The normalized spacial score (nSPS) is 31.6. The van der Waals surface area contributed by atoms with E-state index in [1.54, 1.807) is 4.31 Å². The zero-order valence-corrected chi connectivity index (χ0v) is 12.7. The van der Waals surface area contributed by atoms with Crippen molar-refractivity contribution >= 4 is 15.8 Å². The fraction of sp³-hybridized carbons (Fsp3) is 0.923. The first-order chi connectivity index (χ1) is 8.86. The molecule has 110 valence electrons. The van der Waals surface area contributed by atoms with E-state index in [0.29, 0.717) is 31.2 Å². The molecule has 0 aromatic rings. The standard InChI is InChI=1S/C13H24N2O3S/c1-11-8-14(7-5-13(11)16)9-12-4-3-6-15(10-12)19(2,17)18/h11-12H,3-10H2,1-2H3. The fourth-order valence-electron chi connectivity index (χ4n) is 3.10. The molecule has 2 fully saturated rings. The van der Waals surface area contributed by atoms with E-state index in [2.05, 4.69) is 4.90 Å². The molecule has 0 saturated carbocycles. The number of nitrogens with zero attached hydrogens (tertiary/aromatic N) is 2. The van der Waals surface area contributed by atoms with E-state index in [1.165, 1.54) is 6.26 Å². The van der Waals surface area contributed by atoms with Gasteiger partial charge in [0.1, 0.15) is 5.78 Å². The van der Waals surface area contributed by atoms with Crippen LogP contribution in [0.1, 0.15) is 26.2 Å². The third-order valence-electron chi connectivity index (χ3n) is 4.22. The number of piperidine rings is 2. The minimum atomic E-state index is -3.06. The van der Waals surface area contributed by atoms with Gasteiger partial charge < -0.3 is 4.90 Å². The van der Waals surface area contributed by atoms with Crippen molar-refractivity contribution in [2.75, 3.05) is 39.0 Å². The van der Waals surface area contributed by atoms with Crippen LogP contribution in [0.25, 0.3) is 0 Å². The summed E-state index contributed by atoms with van der Waals surface area (Å²) >= 11 is 0. The summed E-state index contributed by atoms with van der Waals surface area (Å²) in [5.41, 5.74) is 0. The lowest BCUT2D eigenvalue weighted by Crippen LogP contribution is -2.46. The van der Waals surface area contributed by atoms with E-state index in [4.69, 9.17) is 0 Å². The summed E-state index contributed by atoms with van der Waals surface area (Å²) in [7, 11) is -3.06. The first kappa shape index (κ1) is 14.9. The summed E-state index contributed by atoms with van der Waals surface area (Å²) in [6.07, 6.45) is 3.96. The quantitative estimate of drug-likeness (QED) is 0.762. The minimum absolute atomic E-state index is 0.128. The summed E-state index contributed by atoms with van der Waals surface area (Å²) < 4.78 is 24.8. The van der Waals surface area contributed by atoms with Crippen molar-refractivity contribution in [1.29, 1.82) is 0 Å². The highest BCUT2D eigenvalue weighted by atomic mass is 32.2. The first-order valence-electron chi connectivity index (χ1n) is 7.06. The molecule has 19 heavy (non-hydrogen) atoms. The van der Waals surface area contributed by atoms with Crippen molar-refractivity contribution in [2.24, 2.45) is 11.8 Å². The number of sulfonamides is 1. The molecule has 0 bridgehead atoms. The lowest BCUT2D eigenvalue weighted by Gasteiger charge is -2.36. The van der Waals surface area contributed by atoms with E-state index in [0.717, 1.165) is 32.5 Å². The topological polar surface area (TPSA) is 57.7 Å². The molecule has 2 saturated heterocycles. The molecule has 2 heterocycles. The zero-order valence-electron chi connectivity index (χ0n) is 11.8. The number of carbonyl (C=O) groups excluding carboxylic acids is 1. The molecule has 2 rings (SSSR count). The number of likely N-dealkylation sites (tertiary alicyclic amines) is 1. The average molecular weight is 288 g/mol. The Kier molecular flexibility index (Phi) is 4.63. The summed E-state index contributed by atoms with van der Waals surface area (Å²) in [5, 5.41) is 0. The van der Waals surface area contributed by atoms with Gasteiger partial charge in [0.2, 0.25) is 10.0 Å². The second-order valence-corrected chi connectivity index (χ2v) is 7.99. The molecular formula is C13H24N2O3S. The van der Waals surface area contributed by atoms with Gasteiger partial charge in [0.15, 0.2) is 0 Å². The lowest BCUT2D eigenvalue weighted by atomic mass is 9.94. The van der Waals surface area contributed by atoms with Gasteiger partial charge in [-0.2, -0.15) is 0 Å². The van der Waals surface area contributed by atoms with Crippen molar-refractivity contribution in [3.63, 3.8) is 0 Å². The van der Waals surface area contributed by atoms with Crippen LogP contribution in [0.15, 0.2) is 0 Å². The molecule has 2 aliphatic heterocycles. The Labute approximate surface area is 116 Å². The Morgan fingerprint density at radius 3 is 2.63 bits per heavy atom. The van der Waals surface area contributed by atoms with Crippen LogP contribution < -0.4 is 0 Å². The van der Waals surface area contributed by atoms with Gasteiger partial charge >= 0.3 is 0 Å². The first-order valence-corrected chi connectivity index (χ1v) is 8.91. The van der Waals surface area contributed by atoms with Crippen LogP contribution in [-0.4, -0.2) is 62.4 Å². The number of carbonyl (C=O) groups is 1. The highest BCUT2D eigenvalue weighted by molar-refractivity contribution is 7.88. The maximum absolute atomic E-state index is 11.6. The van der Waals surface area contributed by atoms with Crippen LogP contribution in [0.4, 0.5) is 0 Å². The third kappa shape index (κ3) is 4.00. The molecule has 2 aliphatic rings. The largest absolute Gasteiger partial charge is 0.302 e. The number of rotatable bonds is 3. The summed E-state index contributed by atoms with van der Waals surface area (Å²) in [4.78, 5) is 13.8. The molecule has 0 N–H and O–H groups in total. The zero-order chi connectivity index (χ0) is 14.0. The molecule has 0 amide bonds. The van der Waals surface area contributed by atoms with Gasteiger partial charge in [-0.3, -0.25) is 4.79 Å². The SMILES string of the molecule is CC1CN(CC2CCCN(S(C)(=O)=O)C2)CCC1=O. The van der Waals surface area contributed by atoms with Gasteiger partial charge in [0, 0.05) is 45.1 Å². The van der Waals surface area contributed by atoms with Crippen molar-refractivity contribution < 1.29 is 13.2 Å². The van der Waals surface area contributed by atoms with E-state index in [-0.39, 0.29) is 5.92 Å². The summed E-state index contributed by atoms with van der Waals surface area (Å²) in [5.74, 6) is 0.893. The minimum Gasteiger partial charge on any atom is -0.302 e. The second kappa shape index (κ2) is 5.89. The monoisotopic (exact) mass is 288 g/mol. The lowest BCUT2D eigenvalue weighted by molar-refractivity contribution is -0.125. The predicted octanol–water partition coefficient (Wildman–Crippen LogP) is 0.569. The molecule has 0 aromatic carbocycles. The second-order valence-electron chi connectivity index (χ2n) is 6.01. The highest BCUT2D eigenvalue weighted by Gasteiger charge is 2.29. The van der Waals surface area contributed by atoms with Crippen LogP contribution in [0.2, 0.25) is 0 Å². The Balaban J connectivity index is 1.87. The number of ketones is 1. The van der Waals surface area contributed by atoms with E-state index < -0.39 is 10.0 Å². The Morgan fingerprint density at radius 1 is 1.26 bits per heavy atom. The molecular weight excluding hydrogens is 264 g/mol. The third-order valence-corrected chi connectivity index (χ3v) is 5.49. The fourth-order valence-corrected chi connectivity index (χ4v) is 4.05. The molecule has 0 spiro atoms. The van der Waals surface area contributed by atoms with Crippen molar-refractivity contribution in [3.8, 4) is 0 Å². The highest BCUT2D eigenvalue weighted by Crippen LogP contribution is 2.21. The molecule has 5 nitrogen and oxygen atoms in total. The molecule has 2 unspecified atom stereocenters. The maximum Gasteiger partial charge on any atom is 0.211 e. The number of hydrogen-bond donors (Lipinski definition) is 0. The molecule has 6 heteroatoms. The van der Waals surface area contributed by atoms with Gasteiger partial charge in [0.25, 0.3) is 0 Å². The molecule has 2 atom stereocenters. The molecule has 0 radical (unpaired) electrons. The summed E-state index contributed by atoms with van der Waals surface area (Å²) in [6, 6.07) is 0. The molecule has 0 aliphatic carbocycles. The van der Waals surface area contributed by atoms with Crippen LogP contribution in [-0.2, 0) is 14.8 Å². The predicted molar refractivity (Wildman–Crippen MR) is 74.4 cm³/mol. The maximum atomic E-state index is 11.6. The van der Waals surface area contributed by atoms with Crippen molar-refractivity contribution in [3.05, 3.63) is 0 Å². The van der Waals surface area contributed by atoms with Crippen LogP contribution in [0, 0.1) is 11.8 Å². The number of hydrogen-bond acceptors (Lipinski definition) is 4. The number of Topliss-reactive ketones (excluding diaryl/α,β-unsaturated/α-hetero) is 1. The van der Waals surface area contributed by atoms with Crippen molar-refractivity contribution in [1.82, 2.24) is 9.21 Å². The van der Waals surface area contributed by atoms with E-state index >= 15 is 0 Å². The van der Waals surface area contributed by atoms with Crippen LogP contribution in [0.5, 0.6) is 0 Å². The molecule has 0 aromatic heterocycles. The Hall–Kier alpha value is -0.460. The smallest absolute Gasteiger partial charge is 0.211 e. The van der Waals surface area contributed by atoms with Gasteiger partial charge in [-0.15, -0.1) is 0 Å².